The largest absolute Gasteiger partial charge is 0.327 e. The van der Waals surface area contributed by atoms with E-state index in [1.807, 2.05) is 19.9 Å². The van der Waals surface area contributed by atoms with E-state index in [1.165, 1.54) is 22.8 Å². The van der Waals surface area contributed by atoms with E-state index in [2.05, 4.69) is 5.10 Å². The molecule has 0 bridgehead atoms. The Bertz CT molecular complexity index is 1010. The fourth-order valence-electron chi connectivity index (χ4n) is 2.90. The molecule has 2 aromatic heterocycles. The first-order chi connectivity index (χ1) is 11.0. The molecule has 3 rings (SSSR count). The zero-order chi connectivity index (χ0) is 16.7. The number of halogens is 1. The molecule has 3 aromatic rings. The number of rotatable bonds is 2. The van der Waals surface area contributed by atoms with Crippen molar-refractivity contribution in [2.75, 3.05) is 0 Å². The van der Waals surface area contributed by atoms with Gasteiger partial charge in [0.2, 0.25) is 0 Å². The summed E-state index contributed by atoms with van der Waals surface area (Å²) in [7, 11) is 1.75. The number of fused-ring (bicyclic) bond motifs is 1. The highest BCUT2D eigenvalue weighted by molar-refractivity contribution is 5.69. The maximum absolute atomic E-state index is 13.7. The quantitative estimate of drug-likeness (QED) is 0.731. The van der Waals surface area contributed by atoms with Gasteiger partial charge in [-0.25, -0.2) is 4.39 Å². The molecule has 0 unspecified atom stereocenters. The molecule has 116 valence electrons. The minimum absolute atomic E-state index is 0.0777. The molecule has 0 aliphatic carbocycles. The third-order valence-electron chi connectivity index (χ3n) is 3.87. The maximum atomic E-state index is 13.7. The van der Waals surface area contributed by atoms with Gasteiger partial charge in [-0.2, -0.15) is 14.9 Å². The highest BCUT2D eigenvalue weighted by atomic mass is 19.1. The monoisotopic (exact) mass is 310 g/mol. The summed E-state index contributed by atoms with van der Waals surface area (Å²) in [6, 6.07) is 8.14. The summed E-state index contributed by atoms with van der Waals surface area (Å²) in [5.74, 6) is -0.454. The lowest BCUT2D eigenvalue weighted by Crippen LogP contribution is -2.25. The first kappa shape index (κ1) is 15.0. The van der Waals surface area contributed by atoms with E-state index in [-0.39, 0.29) is 17.3 Å². The van der Waals surface area contributed by atoms with E-state index >= 15 is 0 Å². The van der Waals surface area contributed by atoms with Gasteiger partial charge in [0.15, 0.2) is 5.65 Å². The first-order valence-electron chi connectivity index (χ1n) is 7.22. The van der Waals surface area contributed by atoms with Crippen molar-refractivity contribution in [2.24, 2.45) is 7.05 Å². The van der Waals surface area contributed by atoms with Crippen LogP contribution in [0.15, 0.2) is 35.3 Å². The standard InChI is InChI=1S/C17H15FN4O/c1-10(2)14-15(11-5-4-6-13(18)7-11)21(3)16-12(8-19)9-20-22(16)17(14)23/h4-7,9-10H,1-3H3. The summed E-state index contributed by atoms with van der Waals surface area (Å²) in [6.07, 6.45) is 1.37. The van der Waals surface area contributed by atoms with E-state index in [9.17, 15) is 14.4 Å². The molecular weight excluding hydrogens is 295 g/mol. The van der Waals surface area contributed by atoms with Crippen LogP contribution in [0.25, 0.3) is 16.9 Å². The summed E-state index contributed by atoms with van der Waals surface area (Å²) >= 11 is 0. The van der Waals surface area contributed by atoms with Gasteiger partial charge in [0.25, 0.3) is 5.56 Å². The van der Waals surface area contributed by atoms with Crippen molar-refractivity contribution in [1.29, 1.82) is 5.26 Å². The number of nitrogens with zero attached hydrogens (tertiary/aromatic N) is 4. The van der Waals surface area contributed by atoms with Crippen LogP contribution < -0.4 is 5.56 Å². The molecule has 0 aliphatic heterocycles. The molecule has 6 heteroatoms. The van der Waals surface area contributed by atoms with Crippen molar-refractivity contribution in [3.05, 3.63) is 57.8 Å². The van der Waals surface area contributed by atoms with Gasteiger partial charge in [-0.05, 0) is 18.1 Å². The van der Waals surface area contributed by atoms with E-state index in [4.69, 9.17) is 0 Å². The predicted molar refractivity (Wildman–Crippen MR) is 84.6 cm³/mol. The zero-order valence-electron chi connectivity index (χ0n) is 13.0. The fraction of sp³-hybridized carbons (Fsp3) is 0.235. The third-order valence-corrected chi connectivity index (χ3v) is 3.87. The van der Waals surface area contributed by atoms with Crippen molar-refractivity contribution in [3.63, 3.8) is 0 Å². The average Bonchev–Trinajstić information content (AvgIpc) is 2.94. The van der Waals surface area contributed by atoms with Crippen LogP contribution in [0.3, 0.4) is 0 Å². The highest BCUT2D eigenvalue weighted by Gasteiger charge is 2.22. The molecule has 0 fully saturated rings. The summed E-state index contributed by atoms with van der Waals surface area (Å²) in [4.78, 5) is 12.8. The van der Waals surface area contributed by atoms with Crippen molar-refractivity contribution >= 4 is 5.65 Å². The minimum atomic E-state index is -0.376. The van der Waals surface area contributed by atoms with Crippen LogP contribution in [0.4, 0.5) is 4.39 Å². The Morgan fingerprint density at radius 2 is 2.09 bits per heavy atom. The summed E-state index contributed by atoms with van der Waals surface area (Å²) in [5.41, 5.74) is 2.17. The number of hydrogen-bond donors (Lipinski definition) is 0. The van der Waals surface area contributed by atoms with Gasteiger partial charge in [-0.3, -0.25) is 4.79 Å². The SMILES string of the molecule is CC(C)c1c(-c2cccc(F)c2)n(C)c2c(C#N)cnn2c1=O. The average molecular weight is 310 g/mol. The van der Waals surface area contributed by atoms with Crippen LogP contribution >= 0.6 is 0 Å². The molecule has 0 atom stereocenters. The highest BCUT2D eigenvalue weighted by Crippen LogP contribution is 2.28. The van der Waals surface area contributed by atoms with E-state index in [0.29, 0.717) is 28.0 Å². The summed E-state index contributed by atoms with van der Waals surface area (Å²) < 4.78 is 16.6. The minimum Gasteiger partial charge on any atom is -0.327 e. The Labute approximate surface area is 132 Å². The molecule has 0 saturated carbocycles. The molecule has 0 radical (unpaired) electrons. The van der Waals surface area contributed by atoms with Crippen molar-refractivity contribution in [3.8, 4) is 17.3 Å². The topological polar surface area (TPSA) is 63.1 Å². The van der Waals surface area contributed by atoms with Crippen LogP contribution in [0.1, 0.15) is 30.9 Å². The van der Waals surface area contributed by atoms with Gasteiger partial charge in [0, 0.05) is 18.2 Å². The van der Waals surface area contributed by atoms with Crippen LogP contribution in [-0.2, 0) is 7.05 Å². The van der Waals surface area contributed by atoms with Crippen LogP contribution in [0.2, 0.25) is 0 Å². The molecule has 2 heterocycles. The Balaban J connectivity index is 2.53. The molecule has 0 N–H and O–H groups in total. The van der Waals surface area contributed by atoms with Gasteiger partial charge >= 0.3 is 0 Å². The lowest BCUT2D eigenvalue weighted by molar-refractivity contribution is 0.628. The van der Waals surface area contributed by atoms with Gasteiger partial charge < -0.3 is 4.57 Å². The molecular formula is C17H15FN4O. The second kappa shape index (κ2) is 5.36. The number of nitriles is 1. The molecule has 0 spiro atoms. The lowest BCUT2D eigenvalue weighted by atomic mass is 9.97. The molecule has 0 amide bonds. The summed E-state index contributed by atoms with van der Waals surface area (Å²) in [5, 5.41) is 13.3. The maximum Gasteiger partial charge on any atom is 0.278 e. The summed E-state index contributed by atoms with van der Waals surface area (Å²) in [6.45, 7) is 3.81. The number of aromatic nitrogens is 3. The first-order valence-corrected chi connectivity index (χ1v) is 7.22. The third kappa shape index (κ3) is 2.21. The fourth-order valence-corrected chi connectivity index (χ4v) is 2.90. The number of hydrogen-bond acceptors (Lipinski definition) is 3. The zero-order valence-corrected chi connectivity index (χ0v) is 13.0. The predicted octanol–water partition coefficient (Wildman–Crippen LogP) is 2.83. The molecule has 1 aromatic carbocycles. The molecule has 23 heavy (non-hydrogen) atoms. The molecule has 0 aliphatic rings. The molecule has 0 saturated heterocycles. The van der Waals surface area contributed by atoms with E-state index in [1.54, 1.807) is 23.7 Å². The smallest absolute Gasteiger partial charge is 0.278 e. The van der Waals surface area contributed by atoms with Crippen LogP contribution in [0.5, 0.6) is 0 Å². The van der Waals surface area contributed by atoms with E-state index in [0.717, 1.165) is 0 Å². The van der Waals surface area contributed by atoms with Crippen molar-refractivity contribution in [2.45, 2.75) is 19.8 Å². The van der Waals surface area contributed by atoms with Crippen LogP contribution in [-0.4, -0.2) is 14.2 Å². The normalized spacial score (nSPS) is 11.1. The van der Waals surface area contributed by atoms with Gasteiger partial charge in [-0.1, -0.05) is 26.0 Å². The van der Waals surface area contributed by atoms with E-state index < -0.39 is 0 Å². The van der Waals surface area contributed by atoms with Crippen molar-refractivity contribution < 1.29 is 4.39 Å². The van der Waals surface area contributed by atoms with Crippen molar-refractivity contribution in [1.82, 2.24) is 14.2 Å². The van der Waals surface area contributed by atoms with Gasteiger partial charge in [-0.15, -0.1) is 0 Å². The van der Waals surface area contributed by atoms with Gasteiger partial charge in [0.05, 0.1) is 11.9 Å². The van der Waals surface area contributed by atoms with Crippen LogP contribution in [0, 0.1) is 17.1 Å². The van der Waals surface area contributed by atoms with Gasteiger partial charge in [0.1, 0.15) is 17.4 Å². The Hall–Kier alpha value is -2.94. The number of aryl methyl sites for hydroxylation is 1. The Morgan fingerprint density at radius 1 is 1.35 bits per heavy atom. The molecule has 5 nitrogen and oxygen atoms in total. The second-order valence-corrected chi connectivity index (χ2v) is 5.70. The Morgan fingerprint density at radius 3 is 2.70 bits per heavy atom. The lowest BCUT2D eigenvalue weighted by Gasteiger charge is -2.18. The number of benzene rings is 1. The second-order valence-electron chi connectivity index (χ2n) is 5.70. The Kier molecular flexibility index (Phi) is 3.49.